The average Bonchev–Trinajstić information content (AvgIpc) is 2.62. The molecule has 0 atom stereocenters. The van der Waals surface area contributed by atoms with Gasteiger partial charge in [-0.15, -0.1) is 0 Å². The first-order valence-corrected chi connectivity index (χ1v) is 7.94. The summed E-state index contributed by atoms with van der Waals surface area (Å²) in [6.07, 6.45) is 2.23. The first kappa shape index (κ1) is 20.4. The van der Waals surface area contributed by atoms with Crippen molar-refractivity contribution in [1.29, 1.82) is 0 Å². The minimum atomic E-state index is -1.19. The summed E-state index contributed by atoms with van der Waals surface area (Å²) in [6.45, 7) is -1.17. The lowest BCUT2D eigenvalue weighted by Crippen LogP contribution is -2.44. The fourth-order valence-corrected chi connectivity index (χ4v) is 2.55. The predicted molar refractivity (Wildman–Crippen MR) is 84.1 cm³/mol. The van der Waals surface area contributed by atoms with Crippen molar-refractivity contribution >= 4 is 29.7 Å². The molecule has 1 rings (SSSR count). The largest absolute Gasteiger partial charge is 0.480 e. The van der Waals surface area contributed by atoms with Crippen LogP contribution in [0.1, 0.15) is 25.7 Å². The zero-order chi connectivity index (χ0) is 18.8. The van der Waals surface area contributed by atoms with Gasteiger partial charge in [-0.1, -0.05) is 0 Å². The zero-order valence-electron chi connectivity index (χ0n) is 14.0. The highest BCUT2D eigenvalue weighted by atomic mass is 16.5. The van der Waals surface area contributed by atoms with Crippen molar-refractivity contribution in [3.05, 3.63) is 0 Å². The molecule has 1 aliphatic rings. The standard InChI is InChI=1S/C15H23N3O7/c1-25-15(24)10-4-2-9(3-5-10)14(23)18-7-12(20)16-6-11(19)17-8-13(21)22/h9-10H,2-8H2,1H3,(H,16,20)(H,17,19)(H,18,23)(H,21,22)/t9-,10-. The van der Waals surface area contributed by atoms with Crippen LogP contribution in [-0.2, 0) is 28.7 Å². The summed E-state index contributed by atoms with van der Waals surface area (Å²) in [6, 6.07) is 0. The van der Waals surface area contributed by atoms with Gasteiger partial charge in [0.2, 0.25) is 17.7 Å². The van der Waals surface area contributed by atoms with E-state index < -0.39 is 24.3 Å². The smallest absolute Gasteiger partial charge is 0.322 e. The van der Waals surface area contributed by atoms with Gasteiger partial charge in [-0.05, 0) is 25.7 Å². The van der Waals surface area contributed by atoms with E-state index in [9.17, 15) is 24.0 Å². The van der Waals surface area contributed by atoms with E-state index in [-0.39, 0.29) is 36.8 Å². The van der Waals surface area contributed by atoms with Gasteiger partial charge in [-0.25, -0.2) is 0 Å². The van der Waals surface area contributed by atoms with Gasteiger partial charge in [0.15, 0.2) is 0 Å². The molecule has 0 heterocycles. The lowest BCUT2D eigenvalue weighted by atomic mass is 9.81. The van der Waals surface area contributed by atoms with Crippen LogP contribution in [0.4, 0.5) is 0 Å². The zero-order valence-corrected chi connectivity index (χ0v) is 14.0. The summed E-state index contributed by atoms with van der Waals surface area (Å²) in [4.78, 5) is 56.5. The van der Waals surface area contributed by atoms with Gasteiger partial charge < -0.3 is 25.8 Å². The molecule has 10 nitrogen and oxygen atoms in total. The molecule has 0 saturated heterocycles. The first-order chi connectivity index (χ1) is 11.8. The maximum Gasteiger partial charge on any atom is 0.322 e. The number of esters is 1. The summed E-state index contributed by atoms with van der Waals surface area (Å²) in [5.41, 5.74) is 0. The second-order valence-corrected chi connectivity index (χ2v) is 5.74. The van der Waals surface area contributed by atoms with Crippen molar-refractivity contribution in [2.24, 2.45) is 11.8 Å². The highest BCUT2D eigenvalue weighted by Gasteiger charge is 2.30. The normalized spacial score (nSPS) is 19.4. The Labute approximate surface area is 144 Å². The molecule has 1 saturated carbocycles. The average molecular weight is 357 g/mol. The van der Waals surface area contributed by atoms with Crippen LogP contribution in [-0.4, -0.2) is 61.5 Å². The number of methoxy groups -OCH3 is 1. The van der Waals surface area contributed by atoms with E-state index in [4.69, 9.17) is 5.11 Å². The highest BCUT2D eigenvalue weighted by molar-refractivity contribution is 5.89. The number of amides is 3. The fraction of sp³-hybridized carbons (Fsp3) is 0.667. The maximum absolute atomic E-state index is 12.0. The Hall–Kier alpha value is -2.65. The van der Waals surface area contributed by atoms with Crippen LogP contribution in [0.15, 0.2) is 0 Å². The van der Waals surface area contributed by atoms with Crippen molar-refractivity contribution in [2.75, 3.05) is 26.7 Å². The number of carbonyl (C=O) groups excluding carboxylic acids is 4. The molecule has 3 amide bonds. The van der Waals surface area contributed by atoms with Crippen LogP contribution in [0.3, 0.4) is 0 Å². The molecule has 0 aromatic carbocycles. The lowest BCUT2D eigenvalue weighted by Gasteiger charge is -2.25. The molecule has 0 radical (unpaired) electrons. The molecule has 0 spiro atoms. The molecule has 0 aliphatic heterocycles. The van der Waals surface area contributed by atoms with E-state index in [1.54, 1.807) is 0 Å². The van der Waals surface area contributed by atoms with Crippen molar-refractivity contribution in [1.82, 2.24) is 16.0 Å². The van der Waals surface area contributed by atoms with Gasteiger partial charge in [0.1, 0.15) is 6.54 Å². The Bertz CT molecular complexity index is 527. The van der Waals surface area contributed by atoms with E-state index in [1.807, 2.05) is 0 Å². The van der Waals surface area contributed by atoms with E-state index in [0.717, 1.165) is 0 Å². The Balaban J connectivity index is 2.21. The first-order valence-electron chi connectivity index (χ1n) is 7.94. The summed E-state index contributed by atoms with van der Waals surface area (Å²) >= 11 is 0. The topological polar surface area (TPSA) is 151 Å². The Kier molecular flexibility index (Phi) is 8.37. The van der Waals surface area contributed by atoms with Gasteiger partial charge in [0, 0.05) is 5.92 Å². The Morgan fingerprint density at radius 2 is 1.32 bits per heavy atom. The molecule has 0 aromatic heterocycles. The molecule has 1 fully saturated rings. The number of rotatable bonds is 8. The van der Waals surface area contributed by atoms with Crippen LogP contribution in [0.2, 0.25) is 0 Å². The van der Waals surface area contributed by atoms with E-state index in [2.05, 4.69) is 20.7 Å². The number of hydrogen-bond donors (Lipinski definition) is 4. The quantitative estimate of drug-likeness (QED) is 0.382. The van der Waals surface area contributed by atoms with Crippen molar-refractivity contribution in [2.45, 2.75) is 25.7 Å². The molecule has 0 unspecified atom stereocenters. The number of aliphatic carboxylic acids is 1. The van der Waals surface area contributed by atoms with Gasteiger partial charge in [-0.3, -0.25) is 24.0 Å². The minimum Gasteiger partial charge on any atom is -0.480 e. The molecule has 140 valence electrons. The number of carboxylic acid groups (broad SMARTS) is 1. The van der Waals surface area contributed by atoms with Crippen LogP contribution in [0.25, 0.3) is 0 Å². The minimum absolute atomic E-state index is 0.179. The molecule has 4 N–H and O–H groups in total. The predicted octanol–water partition coefficient (Wildman–Crippen LogP) is -1.60. The number of hydrogen-bond acceptors (Lipinski definition) is 6. The number of carboxylic acids is 1. The van der Waals surface area contributed by atoms with Crippen LogP contribution >= 0.6 is 0 Å². The molecule has 0 bridgehead atoms. The van der Waals surface area contributed by atoms with Crippen molar-refractivity contribution in [3.63, 3.8) is 0 Å². The monoisotopic (exact) mass is 357 g/mol. The van der Waals surface area contributed by atoms with Gasteiger partial charge in [0.05, 0.1) is 26.1 Å². The Morgan fingerprint density at radius 1 is 0.840 bits per heavy atom. The lowest BCUT2D eigenvalue weighted by molar-refractivity contribution is -0.147. The maximum atomic E-state index is 12.0. The molecule has 10 heteroatoms. The van der Waals surface area contributed by atoms with Crippen molar-refractivity contribution in [3.8, 4) is 0 Å². The fourth-order valence-electron chi connectivity index (χ4n) is 2.55. The van der Waals surface area contributed by atoms with Gasteiger partial charge in [0.25, 0.3) is 0 Å². The number of carbonyl (C=O) groups is 5. The van der Waals surface area contributed by atoms with Gasteiger partial charge >= 0.3 is 11.9 Å². The van der Waals surface area contributed by atoms with Gasteiger partial charge in [-0.2, -0.15) is 0 Å². The summed E-state index contributed by atoms with van der Waals surface area (Å²) < 4.78 is 4.68. The summed E-state index contributed by atoms with van der Waals surface area (Å²) in [5, 5.41) is 15.3. The van der Waals surface area contributed by atoms with E-state index in [0.29, 0.717) is 25.7 Å². The van der Waals surface area contributed by atoms with Crippen LogP contribution in [0.5, 0.6) is 0 Å². The number of ether oxygens (including phenoxy) is 1. The van der Waals surface area contributed by atoms with E-state index >= 15 is 0 Å². The molecule has 1 aliphatic carbocycles. The highest BCUT2D eigenvalue weighted by Crippen LogP contribution is 2.29. The van der Waals surface area contributed by atoms with Crippen LogP contribution in [0, 0.1) is 11.8 Å². The third-order valence-corrected chi connectivity index (χ3v) is 3.94. The van der Waals surface area contributed by atoms with Crippen LogP contribution < -0.4 is 16.0 Å². The second kappa shape index (κ2) is 10.3. The SMILES string of the molecule is COC(=O)[C@H]1CC[C@H](C(=O)NCC(=O)NCC(=O)NCC(=O)O)CC1. The summed E-state index contributed by atoms with van der Waals surface area (Å²) in [5.74, 6) is -3.35. The molecular formula is C15H23N3O7. The Morgan fingerprint density at radius 3 is 1.84 bits per heavy atom. The third kappa shape index (κ3) is 7.64. The van der Waals surface area contributed by atoms with E-state index in [1.165, 1.54) is 7.11 Å². The molecule has 25 heavy (non-hydrogen) atoms. The molecular weight excluding hydrogens is 334 g/mol. The number of nitrogens with one attached hydrogen (secondary N) is 3. The third-order valence-electron chi connectivity index (χ3n) is 3.94. The summed E-state index contributed by atoms with van der Waals surface area (Å²) in [7, 11) is 1.33. The molecule has 0 aromatic rings. The van der Waals surface area contributed by atoms with Crippen molar-refractivity contribution < 1.29 is 33.8 Å². The second-order valence-electron chi connectivity index (χ2n) is 5.74.